The van der Waals surface area contributed by atoms with Gasteiger partial charge in [0.05, 0.1) is 0 Å². The van der Waals surface area contributed by atoms with E-state index >= 15 is 0 Å². The normalized spacial score (nSPS) is 12.0. The molecule has 0 atom stereocenters. The van der Waals surface area contributed by atoms with Gasteiger partial charge in [0.15, 0.2) is 0 Å². The quantitative estimate of drug-likeness (QED) is 0.213. The first-order valence-electron chi connectivity index (χ1n) is 7.61. The molecule has 0 spiro atoms. The van der Waals surface area contributed by atoms with Gasteiger partial charge in [-0.15, -0.1) is 0 Å². The molecule has 0 amide bonds. The molecule has 0 saturated heterocycles. The van der Waals surface area contributed by atoms with E-state index in [0.29, 0.717) is 6.61 Å². The van der Waals surface area contributed by atoms with Crippen molar-refractivity contribution in [3.8, 4) is 0 Å². The molecule has 0 rings (SSSR count). The van der Waals surface area contributed by atoms with Crippen LogP contribution in [0.5, 0.6) is 0 Å². The Morgan fingerprint density at radius 2 is 0.810 bits per heavy atom. The predicted molar refractivity (Wildman–Crippen MR) is 77.7 cm³/mol. The van der Waals surface area contributed by atoms with Crippen molar-refractivity contribution in [2.75, 3.05) is 6.61 Å². The van der Waals surface area contributed by atoms with Crippen LogP contribution >= 0.6 is 0 Å². The van der Waals surface area contributed by atoms with Crippen LogP contribution in [0.1, 0.15) is 71.1 Å². The molecule has 0 heterocycles. The summed E-state index contributed by atoms with van der Waals surface area (Å²) in [4.78, 5) is 0. The second-order valence-corrected chi connectivity index (χ2v) is 5.18. The van der Waals surface area contributed by atoms with Gasteiger partial charge in [-0.2, -0.15) is 0 Å². The molecule has 0 saturated carbocycles. The van der Waals surface area contributed by atoms with Gasteiger partial charge in [-0.1, -0.05) is 64.7 Å². The fourth-order valence-electron chi connectivity index (χ4n) is 1.60. The van der Waals surface area contributed by atoms with E-state index < -0.39 is 11.9 Å². The van der Waals surface area contributed by atoms with Gasteiger partial charge in [0.1, 0.15) is 0 Å². The zero-order valence-corrected chi connectivity index (χ0v) is 12.9. The second-order valence-electron chi connectivity index (χ2n) is 5.18. The summed E-state index contributed by atoms with van der Waals surface area (Å²) in [6.45, 7) is 2.63. The third kappa shape index (κ3) is 17.7. The van der Waals surface area contributed by atoms with Gasteiger partial charge >= 0.3 is 11.9 Å². The van der Waals surface area contributed by atoms with E-state index in [1.54, 1.807) is 0 Å². The number of hydrogen-bond donors (Lipinski definition) is 7. The molecule has 7 heteroatoms. The monoisotopic (exact) mass is 312 g/mol. The van der Waals surface area contributed by atoms with Crippen LogP contribution < -0.4 is 0 Å². The Hall–Kier alpha value is -0.280. The molecule has 0 unspecified atom stereocenters. The van der Waals surface area contributed by atoms with E-state index in [4.69, 9.17) is 35.7 Å². The molecule has 0 fully saturated rings. The lowest BCUT2D eigenvalue weighted by Gasteiger charge is -2.23. The Balaban J connectivity index is 0. The molecule has 0 aromatic heterocycles. The average Bonchev–Trinajstić information content (AvgIpc) is 2.35. The van der Waals surface area contributed by atoms with E-state index in [1.807, 2.05) is 0 Å². The number of hydrogen-bond acceptors (Lipinski definition) is 7. The smallest absolute Gasteiger partial charge is 0.362 e. The minimum absolute atomic E-state index is 0.372. The number of aliphatic hydroxyl groups excluding tert-OH is 1. The third-order valence-electron chi connectivity index (χ3n) is 2.96. The van der Waals surface area contributed by atoms with Crippen molar-refractivity contribution in [1.82, 2.24) is 0 Å². The van der Waals surface area contributed by atoms with E-state index in [1.165, 1.54) is 57.8 Å². The molecule has 0 bridgehead atoms. The molecule has 0 aromatic rings. The van der Waals surface area contributed by atoms with Gasteiger partial charge in [0.25, 0.3) is 0 Å². The summed E-state index contributed by atoms with van der Waals surface area (Å²) >= 11 is 0. The van der Waals surface area contributed by atoms with Crippen LogP contribution in [0, 0.1) is 0 Å². The summed E-state index contributed by atoms with van der Waals surface area (Å²) in [6, 6.07) is 0. The Morgan fingerprint density at radius 1 is 0.524 bits per heavy atom. The summed E-state index contributed by atoms with van der Waals surface area (Å²) < 4.78 is 0. The van der Waals surface area contributed by atoms with Crippen molar-refractivity contribution in [2.45, 2.75) is 83.1 Å². The van der Waals surface area contributed by atoms with Crippen LogP contribution in [0.2, 0.25) is 0 Å². The van der Waals surface area contributed by atoms with Crippen molar-refractivity contribution in [1.29, 1.82) is 0 Å². The molecule has 0 radical (unpaired) electrons. The van der Waals surface area contributed by atoms with Gasteiger partial charge in [0.2, 0.25) is 0 Å². The van der Waals surface area contributed by atoms with Crippen molar-refractivity contribution < 1.29 is 35.7 Å². The van der Waals surface area contributed by atoms with Gasteiger partial charge in [-0.3, -0.25) is 0 Å². The highest BCUT2D eigenvalue weighted by atomic mass is 16.8. The molecule has 0 aliphatic carbocycles. The van der Waals surface area contributed by atoms with Gasteiger partial charge in [-0.25, -0.2) is 0 Å². The third-order valence-corrected chi connectivity index (χ3v) is 2.96. The maximum Gasteiger partial charge on any atom is 0.362 e. The highest BCUT2D eigenvalue weighted by molar-refractivity contribution is 4.54. The summed E-state index contributed by atoms with van der Waals surface area (Å²) in [7, 11) is 0. The SMILES string of the molecule is CCCCCCCCCCCCO.OC(O)(O)C(O)(O)O. The summed E-state index contributed by atoms with van der Waals surface area (Å²) in [6.07, 6.45) is 13.3. The van der Waals surface area contributed by atoms with Crippen molar-refractivity contribution in [2.24, 2.45) is 0 Å². The van der Waals surface area contributed by atoms with Crippen molar-refractivity contribution in [3.05, 3.63) is 0 Å². The van der Waals surface area contributed by atoms with E-state index in [-0.39, 0.29) is 0 Å². The Morgan fingerprint density at radius 3 is 1.05 bits per heavy atom. The molecule has 0 aliphatic heterocycles. The number of unbranched alkanes of at least 4 members (excludes halogenated alkanes) is 9. The van der Waals surface area contributed by atoms with Crippen LogP contribution in [0.4, 0.5) is 0 Å². The molecular formula is C14H32O7. The van der Waals surface area contributed by atoms with Crippen LogP contribution in [0.3, 0.4) is 0 Å². The first-order chi connectivity index (χ1) is 9.66. The first-order valence-corrected chi connectivity index (χ1v) is 7.61. The predicted octanol–water partition coefficient (Wildman–Crippen LogP) is 0.147. The largest absolute Gasteiger partial charge is 0.396 e. The van der Waals surface area contributed by atoms with Crippen LogP contribution in [-0.4, -0.2) is 54.3 Å². The highest BCUT2D eigenvalue weighted by Crippen LogP contribution is 2.10. The Labute approximate surface area is 126 Å². The zero-order valence-electron chi connectivity index (χ0n) is 12.9. The van der Waals surface area contributed by atoms with Gasteiger partial charge in [-0.05, 0) is 6.42 Å². The topological polar surface area (TPSA) is 142 Å². The van der Waals surface area contributed by atoms with Crippen molar-refractivity contribution >= 4 is 0 Å². The lowest BCUT2D eigenvalue weighted by Crippen LogP contribution is -2.54. The Kier molecular flexibility index (Phi) is 14.7. The lowest BCUT2D eigenvalue weighted by atomic mass is 10.1. The molecule has 0 aliphatic rings. The maximum absolute atomic E-state index is 8.57. The standard InChI is InChI=1S/C12H26O.C2H6O6/c1-2-3-4-5-6-7-8-9-10-11-12-13;3-1(4,5)2(6,7)8/h13H,2-12H2,1H3;3-8H. The minimum Gasteiger partial charge on any atom is -0.396 e. The minimum atomic E-state index is -3.90. The first kappa shape index (κ1) is 23.0. The summed E-state index contributed by atoms with van der Waals surface area (Å²) in [5.74, 6) is -7.79. The average molecular weight is 312 g/mol. The summed E-state index contributed by atoms with van der Waals surface area (Å²) in [5, 5.41) is 54.9. The van der Waals surface area contributed by atoms with Crippen LogP contribution in [-0.2, 0) is 0 Å². The second kappa shape index (κ2) is 13.4. The van der Waals surface area contributed by atoms with Crippen LogP contribution in [0.25, 0.3) is 0 Å². The lowest BCUT2D eigenvalue weighted by molar-refractivity contribution is -0.512. The number of aliphatic hydroxyl groups is 7. The molecule has 0 aromatic carbocycles. The van der Waals surface area contributed by atoms with Gasteiger partial charge < -0.3 is 35.7 Å². The van der Waals surface area contributed by atoms with Gasteiger partial charge in [0, 0.05) is 6.61 Å². The fraction of sp³-hybridized carbons (Fsp3) is 1.00. The highest BCUT2D eigenvalue weighted by Gasteiger charge is 2.44. The molecule has 7 N–H and O–H groups in total. The van der Waals surface area contributed by atoms with Crippen molar-refractivity contribution in [3.63, 3.8) is 0 Å². The number of rotatable bonds is 11. The Bertz CT molecular complexity index is 186. The van der Waals surface area contributed by atoms with Crippen LogP contribution in [0.15, 0.2) is 0 Å². The molecule has 21 heavy (non-hydrogen) atoms. The molecule has 130 valence electrons. The van der Waals surface area contributed by atoms with E-state index in [2.05, 4.69) is 6.92 Å². The maximum atomic E-state index is 8.57. The molecular weight excluding hydrogens is 280 g/mol. The fourth-order valence-corrected chi connectivity index (χ4v) is 1.60. The summed E-state index contributed by atoms with van der Waals surface area (Å²) in [5.41, 5.74) is 0. The van der Waals surface area contributed by atoms with E-state index in [9.17, 15) is 0 Å². The van der Waals surface area contributed by atoms with E-state index in [0.717, 1.165) is 6.42 Å². The zero-order chi connectivity index (χ0) is 16.8. The molecule has 7 nitrogen and oxygen atoms in total.